The summed E-state index contributed by atoms with van der Waals surface area (Å²) in [6, 6.07) is 13.6. The molecule has 0 aliphatic carbocycles. The Balaban J connectivity index is 0.00000161. The first-order valence-corrected chi connectivity index (χ1v) is 6.81. The Morgan fingerprint density at radius 2 is 2.00 bits per heavy atom. The van der Waals surface area contributed by atoms with Gasteiger partial charge in [0.2, 0.25) is 0 Å². The number of nitrogens with one attached hydrogen (secondary N) is 1. The fourth-order valence-corrected chi connectivity index (χ4v) is 2.75. The molecule has 0 saturated heterocycles. The maximum atomic E-state index is 8.28. The molecule has 0 spiro atoms. The van der Waals surface area contributed by atoms with Crippen LogP contribution in [0.25, 0.3) is 0 Å². The number of fused-ring (bicyclic) bond motifs is 1. The quantitative estimate of drug-likeness (QED) is 0.879. The van der Waals surface area contributed by atoms with Crippen molar-refractivity contribution in [2.75, 3.05) is 7.11 Å². The van der Waals surface area contributed by atoms with E-state index in [0.29, 0.717) is 18.9 Å². The monoisotopic (exact) mass is 366 g/mol. The third kappa shape index (κ3) is 3.06. The highest BCUT2D eigenvalue weighted by Crippen LogP contribution is 2.28. The second-order valence-electron chi connectivity index (χ2n) is 4.82. The largest absolute Gasteiger partial charge is 0.496 e. The van der Waals surface area contributed by atoms with Crippen LogP contribution in [0.2, 0.25) is 5.02 Å². The van der Waals surface area contributed by atoms with Crippen LogP contribution in [-0.4, -0.2) is 17.8 Å². The first-order valence-electron chi connectivity index (χ1n) is 6.43. The van der Waals surface area contributed by atoms with E-state index in [1.165, 1.54) is 0 Å². The van der Waals surface area contributed by atoms with E-state index >= 15 is 0 Å². The Morgan fingerprint density at radius 3 is 2.76 bits per heavy atom. The molecule has 0 radical (unpaired) electrons. The molecule has 1 N–H and O–H groups in total. The van der Waals surface area contributed by atoms with Crippen LogP contribution in [-0.2, 0) is 13.1 Å². The molecular formula is C16H16BrClN2O. The fourth-order valence-electron chi connectivity index (χ4n) is 2.55. The van der Waals surface area contributed by atoms with Crippen molar-refractivity contribution >= 4 is 34.4 Å². The van der Waals surface area contributed by atoms with Gasteiger partial charge in [-0.3, -0.25) is 5.41 Å². The average molecular weight is 368 g/mol. The third-order valence-corrected chi connectivity index (χ3v) is 3.79. The summed E-state index contributed by atoms with van der Waals surface area (Å²) in [7, 11) is 1.67. The lowest BCUT2D eigenvalue weighted by Crippen LogP contribution is -2.23. The minimum atomic E-state index is 0. The van der Waals surface area contributed by atoms with Crippen molar-refractivity contribution in [1.29, 1.82) is 5.41 Å². The maximum absolute atomic E-state index is 8.28. The zero-order chi connectivity index (χ0) is 14.1. The van der Waals surface area contributed by atoms with Gasteiger partial charge in [-0.25, -0.2) is 0 Å². The zero-order valence-corrected chi connectivity index (χ0v) is 14.1. The number of para-hydroxylation sites is 1. The number of nitrogens with zero attached hydrogens (tertiary/aromatic N) is 1. The van der Waals surface area contributed by atoms with Crippen molar-refractivity contribution in [3.05, 3.63) is 64.2 Å². The van der Waals surface area contributed by atoms with Gasteiger partial charge in [-0.1, -0.05) is 29.8 Å². The molecule has 21 heavy (non-hydrogen) atoms. The average Bonchev–Trinajstić information content (AvgIpc) is 2.75. The van der Waals surface area contributed by atoms with E-state index in [4.69, 9.17) is 21.7 Å². The molecule has 2 aromatic carbocycles. The summed E-state index contributed by atoms with van der Waals surface area (Å²) in [5.74, 6) is 1.40. The first kappa shape index (κ1) is 15.9. The van der Waals surface area contributed by atoms with E-state index in [-0.39, 0.29) is 17.0 Å². The number of rotatable bonds is 3. The molecule has 1 heterocycles. The highest BCUT2D eigenvalue weighted by Gasteiger charge is 2.24. The van der Waals surface area contributed by atoms with Gasteiger partial charge in [0, 0.05) is 29.2 Å². The number of benzene rings is 2. The summed E-state index contributed by atoms with van der Waals surface area (Å²) < 4.78 is 5.37. The Hall–Kier alpha value is -1.52. The SMILES string of the molecule is Br.COc1ccccc1CN1Cc2cc(Cl)ccc2C1=N. The summed E-state index contributed by atoms with van der Waals surface area (Å²) in [5, 5.41) is 9.00. The van der Waals surface area contributed by atoms with Crippen LogP contribution in [0, 0.1) is 5.41 Å². The van der Waals surface area contributed by atoms with Crippen molar-refractivity contribution in [2.24, 2.45) is 0 Å². The van der Waals surface area contributed by atoms with Crippen LogP contribution in [0.1, 0.15) is 16.7 Å². The van der Waals surface area contributed by atoms with Gasteiger partial charge in [0.05, 0.1) is 7.11 Å². The minimum absolute atomic E-state index is 0. The van der Waals surface area contributed by atoms with Gasteiger partial charge >= 0.3 is 0 Å². The van der Waals surface area contributed by atoms with Crippen LogP contribution < -0.4 is 4.74 Å². The summed E-state index contributed by atoms with van der Waals surface area (Å²) in [4.78, 5) is 2.03. The molecule has 1 aliphatic rings. The molecule has 0 atom stereocenters. The second kappa shape index (κ2) is 6.50. The third-order valence-electron chi connectivity index (χ3n) is 3.55. The van der Waals surface area contributed by atoms with Gasteiger partial charge in [-0.2, -0.15) is 0 Å². The number of halogens is 2. The number of methoxy groups -OCH3 is 1. The molecule has 2 aromatic rings. The lowest BCUT2D eigenvalue weighted by atomic mass is 10.1. The number of hydrogen-bond donors (Lipinski definition) is 1. The number of amidine groups is 1. The Labute approximate surface area is 139 Å². The minimum Gasteiger partial charge on any atom is -0.496 e. The van der Waals surface area contributed by atoms with Gasteiger partial charge in [0.1, 0.15) is 11.6 Å². The van der Waals surface area contributed by atoms with Crippen LogP contribution in [0.15, 0.2) is 42.5 Å². The number of ether oxygens (including phenoxy) is 1. The van der Waals surface area contributed by atoms with Crippen LogP contribution in [0.5, 0.6) is 5.75 Å². The van der Waals surface area contributed by atoms with Crippen molar-refractivity contribution in [1.82, 2.24) is 4.90 Å². The van der Waals surface area contributed by atoms with Crippen LogP contribution in [0.4, 0.5) is 0 Å². The molecule has 3 rings (SSSR count). The zero-order valence-electron chi connectivity index (χ0n) is 11.6. The van der Waals surface area contributed by atoms with Gasteiger partial charge in [-0.05, 0) is 29.8 Å². The van der Waals surface area contributed by atoms with Crippen molar-refractivity contribution in [2.45, 2.75) is 13.1 Å². The molecule has 0 amide bonds. The van der Waals surface area contributed by atoms with E-state index in [0.717, 1.165) is 27.5 Å². The summed E-state index contributed by atoms with van der Waals surface area (Å²) in [6.45, 7) is 1.38. The maximum Gasteiger partial charge on any atom is 0.129 e. The molecule has 0 unspecified atom stereocenters. The topological polar surface area (TPSA) is 36.3 Å². The van der Waals surface area contributed by atoms with Crippen LogP contribution in [0.3, 0.4) is 0 Å². The van der Waals surface area contributed by atoms with Crippen molar-refractivity contribution in [3.63, 3.8) is 0 Å². The molecule has 0 saturated carbocycles. The van der Waals surface area contributed by atoms with Crippen molar-refractivity contribution < 1.29 is 4.74 Å². The summed E-state index contributed by atoms with van der Waals surface area (Å²) >= 11 is 6.02. The second-order valence-corrected chi connectivity index (χ2v) is 5.25. The van der Waals surface area contributed by atoms with Gasteiger partial charge in [-0.15, -0.1) is 17.0 Å². The van der Waals surface area contributed by atoms with Crippen LogP contribution >= 0.6 is 28.6 Å². The molecule has 0 bridgehead atoms. The molecule has 110 valence electrons. The molecule has 0 fully saturated rings. The molecular weight excluding hydrogens is 352 g/mol. The summed E-state index contributed by atoms with van der Waals surface area (Å²) in [6.07, 6.45) is 0. The van der Waals surface area contributed by atoms with E-state index in [1.54, 1.807) is 7.11 Å². The Morgan fingerprint density at radius 1 is 1.24 bits per heavy atom. The summed E-state index contributed by atoms with van der Waals surface area (Å²) in [5.41, 5.74) is 3.15. The van der Waals surface area contributed by atoms with E-state index in [9.17, 15) is 0 Å². The Kier molecular flexibility index (Phi) is 4.91. The van der Waals surface area contributed by atoms with Gasteiger partial charge < -0.3 is 9.64 Å². The standard InChI is InChI=1S/C16H15ClN2O.BrH/c1-20-15-5-3-2-4-11(15)9-19-10-12-8-13(17)6-7-14(12)16(19)18;/h2-8,18H,9-10H2,1H3;1H. The molecule has 3 nitrogen and oxygen atoms in total. The van der Waals surface area contributed by atoms with Gasteiger partial charge in [0.15, 0.2) is 0 Å². The van der Waals surface area contributed by atoms with Gasteiger partial charge in [0.25, 0.3) is 0 Å². The molecule has 5 heteroatoms. The normalized spacial score (nSPS) is 12.9. The predicted molar refractivity (Wildman–Crippen MR) is 90.8 cm³/mol. The number of hydrogen-bond acceptors (Lipinski definition) is 2. The lowest BCUT2D eigenvalue weighted by Gasteiger charge is -2.19. The van der Waals surface area contributed by atoms with E-state index in [1.807, 2.05) is 47.4 Å². The van der Waals surface area contributed by atoms with E-state index in [2.05, 4.69) is 0 Å². The lowest BCUT2D eigenvalue weighted by molar-refractivity contribution is 0.382. The van der Waals surface area contributed by atoms with E-state index < -0.39 is 0 Å². The highest BCUT2D eigenvalue weighted by molar-refractivity contribution is 8.93. The van der Waals surface area contributed by atoms with Crippen molar-refractivity contribution in [3.8, 4) is 5.75 Å². The Bertz CT molecular complexity index is 675. The molecule has 0 aromatic heterocycles. The smallest absolute Gasteiger partial charge is 0.129 e. The predicted octanol–water partition coefficient (Wildman–Crippen LogP) is 4.27. The molecule has 1 aliphatic heterocycles. The highest BCUT2D eigenvalue weighted by atomic mass is 79.9. The first-order chi connectivity index (χ1) is 9.69. The fraction of sp³-hybridized carbons (Fsp3) is 0.188.